The number of methoxy groups -OCH3 is 1. The summed E-state index contributed by atoms with van der Waals surface area (Å²) in [6.07, 6.45) is 3.48. The minimum atomic E-state index is -0.481. The minimum absolute atomic E-state index is 0.0773. The van der Waals surface area contributed by atoms with Gasteiger partial charge in [0.15, 0.2) is 11.0 Å². The number of halogens is 1. The van der Waals surface area contributed by atoms with Crippen LogP contribution >= 0.6 is 11.8 Å². The van der Waals surface area contributed by atoms with Crippen molar-refractivity contribution in [3.63, 3.8) is 0 Å². The van der Waals surface area contributed by atoms with Crippen LogP contribution in [0.4, 0.5) is 21.6 Å². The molecule has 0 aliphatic heterocycles. The summed E-state index contributed by atoms with van der Waals surface area (Å²) < 4.78 is 20.5. The van der Waals surface area contributed by atoms with E-state index in [4.69, 9.17) is 4.74 Å². The lowest BCUT2D eigenvalue weighted by Crippen LogP contribution is -2.02. The Labute approximate surface area is 186 Å². The van der Waals surface area contributed by atoms with Gasteiger partial charge in [-0.1, -0.05) is 11.8 Å². The van der Waals surface area contributed by atoms with E-state index in [1.165, 1.54) is 49.2 Å². The second kappa shape index (κ2) is 9.02. The SMILES string of the molecule is COc1ccc([N+](=O)[O-])cc1Nc1cc(-n2c(SC)nnc2-c2ccc(F)cc2)ccn1. The average Bonchev–Trinajstić information content (AvgIpc) is 3.24. The van der Waals surface area contributed by atoms with Gasteiger partial charge in [-0.05, 0) is 42.7 Å². The van der Waals surface area contributed by atoms with Gasteiger partial charge in [0.25, 0.3) is 5.69 Å². The first-order valence-electron chi connectivity index (χ1n) is 9.31. The van der Waals surface area contributed by atoms with E-state index in [2.05, 4.69) is 20.5 Å². The number of ether oxygens (including phenoxy) is 1. The first-order chi connectivity index (χ1) is 15.5. The summed E-state index contributed by atoms with van der Waals surface area (Å²) in [4.78, 5) is 15.0. The summed E-state index contributed by atoms with van der Waals surface area (Å²) in [6.45, 7) is 0. The van der Waals surface area contributed by atoms with Crippen molar-refractivity contribution in [1.82, 2.24) is 19.7 Å². The third-order valence-corrected chi connectivity index (χ3v) is 5.21. The highest BCUT2D eigenvalue weighted by molar-refractivity contribution is 7.98. The van der Waals surface area contributed by atoms with Crippen LogP contribution in [0.5, 0.6) is 5.75 Å². The zero-order chi connectivity index (χ0) is 22.7. The zero-order valence-corrected chi connectivity index (χ0v) is 17.8. The largest absolute Gasteiger partial charge is 0.495 e. The van der Waals surface area contributed by atoms with Gasteiger partial charge >= 0.3 is 0 Å². The van der Waals surface area contributed by atoms with Crippen LogP contribution < -0.4 is 10.1 Å². The van der Waals surface area contributed by atoms with Crippen LogP contribution in [0.2, 0.25) is 0 Å². The molecule has 4 rings (SSSR count). The van der Waals surface area contributed by atoms with Crippen molar-refractivity contribution in [3.05, 3.63) is 76.7 Å². The Kier molecular flexibility index (Phi) is 5.99. The second-order valence-electron chi connectivity index (χ2n) is 6.52. The highest BCUT2D eigenvalue weighted by Gasteiger charge is 2.17. The van der Waals surface area contributed by atoms with Crippen molar-refractivity contribution < 1.29 is 14.1 Å². The molecule has 0 aliphatic carbocycles. The minimum Gasteiger partial charge on any atom is -0.495 e. The quantitative estimate of drug-likeness (QED) is 0.241. The van der Waals surface area contributed by atoms with Gasteiger partial charge in [-0.3, -0.25) is 14.7 Å². The fraction of sp³-hybridized carbons (Fsp3) is 0.0952. The zero-order valence-electron chi connectivity index (χ0n) is 17.0. The van der Waals surface area contributed by atoms with E-state index >= 15 is 0 Å². The van der Waals surface area contributed by atoms with Gasteiger partial charge in [-0.2, -0.15) is 0 Å². The molecule has 9 nitrogen and oxygen atoms in total. The Morgan fingerprint density at radius 3 is 2.59 bits per heavy atom. The van der Waals surface area contributed by atoms with Gasteiger partial charge in [-0.25, -0.2) is 9.37 Å². The Bertz CT molecular complexity index is 1280. The maximum absolute atomic E-state index is 13.4. The molecule has 0 saturated heterocycles. The molecule has 0 radical (unpaired) electrons. The smallest absolute Gasteiger partial charge is 0.271 e. The highest BCUT2D eigenvalue weighted by atomic mass is 32.2. The van der Waals surface area contributed by atoms with E-state index in [0.29, 0.717) is 39.5 Å². The van der Waals surface area contributed by atoms with Crippen LogP contribution in [0.15, 0.2) is 66.0 Å². The number of hydrogen-bond acceptors (Lipinski definition) is 8. The normalized spacial score (nSPS) is 10.7. The van der Waals surface area contributed by atoms with Crippen molar-refractivity contribution in [1.29, 1.82) is 0 Å². The number of aromatic nitrogens is 4. The molecule has 0 aliphatic rings. The van der Waals surface area contributed by atoms with Gasteiger partial charge in [0.2, 0.25) is 0 Å². The predicted octanol–water partition coefficient (Wildman–Crippen LogP) is 4.85. The molecule has 0 spiro atoms. The summed E-state index contributed by atoms with van der Waals surface area (Å²) in [5.74, 6) is 1.07. The van der Waals surface area contributed by atoms with Crippen LogP contribution in [0.3, 0.4) is 0 Å². The summed E-state index contributed by atoms with van der Waals surface area (Å²) in [5, 5.41) is 23.4. The number of hydrogen-bond donors (Lipinski definition) is 1. The summed E-state index contributed by atoms with van der Waals surface area (Å²) in [7, 11) is 1.48. The first kappa shape index (κ1) is 21.2. The molecule has 2 aromatic heterocycles. The van der Waals surface area contributed by atoms with Gasteiger partial charge in [0.05, 0.1) is 23.4 Å². The molecule has 162 valence electrons. The van der Waals surface area contributed by atoms with Crippen LogP contribution in [0, 0.1) is 15.9 Å². The fourth-order valence-electron chi connectivity index (χ4n) is 3.09. The monoisotopic (exact) mass is 452 g/mol. The fourth-order valence-corrected chi connectivity index (χ4v) is 3.59. The van der Waals surface area contributed by atoms with Crippen molar-refractivity contribution in [2.75, 3.05) is 18.7 Å². The third-order valence-electron chi connectivity index (χ3n) is 4.58. The van der Waals surface area contributed by atoms with E-state index < -0.39 is 4.92 Å². The Balaban J connectivity index is 1.75. The van der Waals surface area contributed by atoms with Crippen molar-refractivity contribution in [3.8, 4) is 22.8 Å². The van der Waals surface area contributed by atoms with Crippen LogP contribution in [0.25, 0.3) is 17.1 Å². The standard InChI is InChI=1S/C21H17FN6O3S/c1-31-18-8-7-16(28(29)30)11-17(18)24-19-12-15(9-10-23-19)27-20(25-26-21(27)32-2)13-3-5-14(22)6-4-13/h3-12H,1-2H3,(H,23,24). The lowest BCUT2D eigenvalue weighted by molar-refractivity contribution is -0.384. The molecule has 0 bridgehead atoms. The van der Waals surface area contributed by atoms with Crippen molar-refractivity contribution in [2.24, 2.45) is 0 Å². The molecule has 2 aromatic carbocycles. The number of nitro benzene ring substituents is 1. The molecule has 4 aromatic rings. The summed E-state index contributed by atoms with van der Waals surface area (Å²) in [6, 6.07) is 13.8. The van der Waals surface area contributed by atoms with Gasteiger partial charge in [0, 0.05) is 30.0 Å². The molecular weight excluding hydrogens is 435 g/mol. The summed E-state index contributed by atoms with van der Waals surface area (Å²) in [5.41, 5.74) is 1.73. The van der Waals surface area contributed by atoms with E-state index in [1.807, 2.05) is 10.8 Å². The molecule has 0 fully saturated rings. The van der Waals surface area contributed by atoms with Crippen LogP contribution in [-0.4, -0.2) is 38.0 Å². The molecule has 0 amide bonds. The maximum Gasteiger partial charge on any atom is 0.271 e. The van der Waals surface area contributed by atoms with E-state index in [1.54, 1.807) is 30.5 Å². The highest BCUT2D eigenvalue weighted by Crippen LogP contribution is 2.32. The van der Waals surface area contributed by atoms with Gasteiger partial charge < -0.3 is 10.1 Å². The number of nitro groups is 1. The third kappa shape index (κ3) is 4.23. The molecule has 0 unspecified atom stereocenters. The Morgan fingerprint density at radius 1 is 1.12 bits per heavy atom. The molecule has 2 heterocycles. The number of non-ortho nitro benzene ring substituents is 1. The number of anilines is 2. The Morgan fingerprint density at radius 2 is 1.91 bits per heavy atom. The van der Waals surface area contributed by atoms with Crippen LogP contribution in [-0.2, 0) is 0 Å². The second-order valence-corrected chi connectivity index (χ2v) is 7.29. The molecular formula is C21H17FN6O3S. The molecule has 0 saturated carbocycles. The van der Waals surface area contributed by atoms with Gasteiger partial charge in [0.1, 0.15) is 17.4 Å². The van der Waals surface area contributed by atoms with E-state index in [9.17, 15) is 14.5 Å². The lowest BCUT2D eigenvalue weighted by Gasteiger charge is -2.13. The molecule has 0 atom stereocenters. The number of pyridine rings is 1. The topological polar surface area (TPSA) is 108 Å². The van der Waals surface area contributed by atoms with Crippen molar-refractivity contribution in [2.45, 2.75) is 5.16 Å². The number of thioether (sulfide) groups is 1. The summed E-state index contributed by atoms with van der Waals surface area (Å²) >= 11 is 1.41. The van der Waals surface area contributed by atoms with Crippen LogP contribution in [0.1, 0.15) is 0 Å². The number of nitrogens with one attached hydrogen (secondary N) is 1. The lowest BCUT2D eigenvalue weighted by atomic mass is 10.2. The number of benzene rings is 2. The molecule has 11 heteroatoms. The molecule has 1 N–H and O–H groups in total. The van der Waals surface area contributed by atoms with E-state index in [-0.39, 0.29) is 11.5 Å². The maximum atomic E-state index is 13.4. The van der Waals surface area contributed by atoms with E-state index in [0.717, 1.165) is 0 Å². The predicted molar refractivity (Wildman–Crippen MR) is 119 cm³/mol. The number of nitrogens with zero attached hydrogens (tertiary/aromatic N) is 5. The van der Waals surface area contributed by atoms with Gasteiger partial charge in [-0.15, -0.1) is 10.2 Å². The number of rotatable bonds is 7. The Hall–Kier alpha value is -3.99. The first-order valence-corrected chi connectivity index (χ1v) is 10.5. The molecule has 32 heavy (non-hydrogen) atoms. The van der Waals surface area contributed by atoms with Crippen molar-refractivity contribution >= 4 is 29.0 Å². The average molecular weight is 452 g/mol.